The molecule has 0 aliphatic carbocycles. The van der Waals surface area contributed by atoms with Gasteiger partial charge in [0.15, 0.2) is 0 Å². The number of hydrogen-bond donors (Lipinski definition) is 1. The lowest BCUT2D eigenvalue weighted by molar-refractivity contribution is 0.596. The number of sulfone groups is 1. The molecule has 0 amide bonds. The van der Waals surface area contributed by atoms with E-state index >= 15 is 0 Å². The van der Waals surface area contributed by atoms with Crippen molar-refractivity contribution in [3.8, 4) is 0 Å². The summed E-state index contributed by atoms with van der Waals surface area (Å²) in [7, 11) is -3.75. The van der Waals surface area contributed by atoms with Crippen LogP contribution in [0.1, 0.15) is 0 Å². The van der Waals surface area contributed by atoms with Gasteiger partial charge in [0.2, 0.25) is 9.84 Å². The van der Waals surface area contributed by atoms with Gasteiger partial charge in [-0.3, -0.25) is 0 Å². The second kappa shape index (κ2) is 5.32. The molecule has 0 unspecified atom stereocenters. The number of hydrogen-bond acceptors (Lipinski definition) is 3. The molecule has 0 saturated carbocycles. The fourth-order valence-electron chi connectivity index (χ4n) is 1.50. The highest BCUT2D eigenvalue weighted by molar-refractivity contribution is 9.10. The quantitative estimate of drug-likeness (QED) is 0.795. The molecular formula is C12H8BrCl2NO2S. The van der Waals surface area contributed by atoms with E-state index < -0.39 is 9.84 Å². The predicted molar refractivity (Wildman–Crippen MR) is 80.5 cm³/mol. The van der Waals surface area contributed by atoms with Gasteiger partial charge in [-0.25, -0.2) is 8.42 Å². The summed E-state index contributed by atoms with van der Waals surface area (Å²) in [4.78, 5) is 0.0285. The molecule has 0 radical (unpaired) electrons. The summed E-state index contributed by atoms with van der Waals surface area (Å²) in [6, 6.07) is 8.68. The third-order valence-corrected chi connectivity index (χ3v) is 5.65. The van der Waals surface area contributed by atoms with E-state index in [0.717, 1.165) is 0 Å². The minimum atomic E-state index is -3.75. The lowest BCUT2D eigenvalue weighted by Gasteiger charge is -2.08. The Labute approximate surface area is 129 Å². The third-order valence-electron chi connectivity index (χ3n) is 2.46. The molecule has 0 spiro atoms. The van der Waals surface area contributed by atoms with Crippen LogP contribution in [-0.2, 0) is 9.84 Å². The predicted octanol–water partition coefficient (Wildman–Crippen LogP) is 4.17. The summed E-state index contributed by atoms with van der Waals surface area (Å²) in [5.41, 5.74) is 6.03. The number of benzene rings is 2. The van der Waals surface area contributed by atoms with Crippen LogP contribution >= 0.6 is 39.1 Å². The highest BCUT2D eigenvalue weighted by Gasteiger charge is 2.21. The molecule has 2 N–H and O–H groups in total. The van der Waals surface area contributed by atoms with Gasteiger partial charge in [0, 0.05) is 15.2 Å². The molecule has 100 valence electrons. The van der Waals surface area contributed by atoms with Crippen molar-refractivity contribution < 1.29 is 8.42 Å². The number of anilines is 1. The standard InChI is InChI=1S/C12H8BrCl2NO2S/c13-9-3-2-8(6-11(9)16)19(17,18)12-5-7(14)1-4-10(12)15/h1-6H,16H2. The van der Waals surface area contributed by atoms with Gasteiger partial charge in [0.1, 0.15) is 0 Å². The molecule has 19 heavy (non-hydrogen) atoms. The van der Waals surface area contributed by atoms with Crippen LogP contribution in [-0.4, -0.2) is 8.42 Å². The van der Waals surface area contributed by atoms with Gasteiger partial charge >= 0.3 is 0 Å². The average molecular weight is 381 g/mol. The van der Waals surface area contributed by atoms with Gasteiger partial charge in [-0.05, 0) is 52.3 Å². The van der Waals surface area contributed by atoms with Crippen LogP contribution in [0.3, 0.4) is 0 Å². The molecule has 2 aromatic carbocycles. The van der Waals surface area contributed by atoms with Crippen LogP contribution in [0.2, 0.25) is 10.0 Å². The number of nitrogens with two attached hydrogens (primary N) is 1. The number of halogens is 3. The number of nitrogen functional groups attached to an aromatic ring is 1. The van der Waals surface area contributed by atoms with E-state index in [1.165, 1.54) is 30.3 Å². The summed E-state index contributed by atoms with van der Waals surface area (Å²) < 4.78 is 25.5. The molecular weight excluding hydrogens is 373 g/mol. The Morgan fingerprint density at radius 2 is 1.74 bits per heavy atom. The molecule has 7 heteroatoms. The zero-order chi connectivity index (χ0) is 14.2. The Hall–Kier alpha value is -0.750. The molecule has 0 saturated heterocycles. The Morgan fingerprint density at radius 3 is 2.37 bits per heavy atom. The van der Waals surface area contributed by atoms with Gasteiger partial charge in [-0.15, -0.1) is 0 Å². The van der Waals surface area contributed by atoms with Gasteiger partial charge in [0.25, 0.3) is 0 Å². The topological polar surface area (TPSA) is 60.2 Å². The summed E-state index contributed by atoms with van der Waals surface area (Å²) in [6.45, 7) is 0. The van der Waals surface area contributed by atoms with Crippen LogP contribution < -0.4 is 5.73 Å². The van der Waals surface area contributed by atoms with Gasteiger partial charge in [-0.2, -0.15) is 0 Å². The molecule has 0 aliphatic heterocycles. The van der Waals surface area contributed by atoms with Crippen molar-refractivity contribution >= 4 is 54.7 Å². The van der Waals surface area contributed by atoms with Crippen molar-refractivity contribution in [1.29, 1.82) is 0 Å². The SMILES string of the molecule is Nc1cc(S(=O)(=O)c2cc(Cl)ccc2Cl)ccc1Br. The Morgan fingerprint density at radius 1 is 1.05 bits per heavy atom. The summed E-state index contributed by atoms with van der Waals surface area (Å²) in [5, 5.41) is 0.416. The van der Waals surface area contributed by atoms with Crippen LogP contribution in [0.15, 0.2) is 50.7 Å². The molecule has 2 aromatic rings. The zero-order valence-corrected chi connectivity index (χ0v) is 13.3. The Kier molecular flexibility index (Phi) is 4.11. The van der Waals surface area contributed by atoms with Crippen molar-refractivity contribution in [2.45, 2.75) is 9.79 Å². The first-order valence-electron chi connectivity index (χ1n) is 5.07. The Balaban J connectivity index is 2.65. The largest absolute Gasteiger partial charge is 0.398 e. The number of rotatable bonds is 2. The van der Waals surface area contributed by atoms with E-state index in [1.807, 2.05) is 0 Å². The van der Waals surface area contributed by atoms with Crippen molar-refractivity contribution in [2.24, 2.45) is 0 Å². The fraction of sp³-hybridized carbons (Fsp3) is 0. The fourth-order valence-corrected chi connectivity index (χ4v) is 3.79. The molecule has 0 aromatic heterocycles. The van der Waals surface area contributed by atoms with E-state index in [-0.39, 0.29) is 14.8 Å². The minimum Gasteiger partial charge on any atom is -0.398 e. The van der Waals surface area contributed by atoms with E-state index in [1.54, 1.807) is 6.07 Å². The van der Waals surface area contributed by atoms with E-state index in [2.05, 4.69) is 15.9 Å². The molecule has 2 rings (SSSR count). The van der Waals surface area contributed by atoms with E-state index in [0.29, 0.717) is 15.2 Å². The lowest BCUT2D eigenvalue weighted by atomic mass is 10.3. The summed E-state index contributed by atoms with van der Waals surface area (Å²) >= 11 is 14.9. The summed E-state index contributed by atoms with van der Waals surface area (Å²) in [5.74, 6) is 0. The maximum atomic E-state index is 12.5. The van der Waals surface area contributed by atoms with Crippen LogP contribution in [0.4, 0.5) is 5.69 Å². The molecule has 0 heterocycles. The summed E-state index contributed by atoms with van der Waals surface area (Å²) in [6.07, 6.45) is 0. The second-order valence-electron chi connectivity index (χ2n) is 3.76. The van der Waals surface area contributed by atoms with Gasteiger partial charge in [0.05, 0.1) is 14.8 Å². The second-order valence-corrected chi connectivity index (χ2v) is 7.38. The normalized spacial score (nSPS) is 11.5. The maximum Gasteiger partial charge on any atom is 0.208 e. The van der Waals surface area contributed by atoms with Crippen LogP contribution in [0.25, 0.3) is 0 Å². The van der Waals surface area contributed by atoms with Crippen LogP contribution in [0.5, 0.6) is 0 Å². The highest BCUT2D eigenvalue weighted by atomic mass is 79.9. The van der Waals surface area contributed by atoms with E-state index in [9.17, 15) is 8.42 Å². The minimum absolute atomic E-state index is 0.0385. The first-order valence-corrected chi connectivity index (χ1v) is 8.11. The van der Waals surface area contributed by atoms with Crippen molar-refractivity contribution in [2.75, 3.05) is 5.73 Å². The van der Waals surface area contributed by atoms with Gasteiger partial charge in [-0.1, -0.05) is 23.2 Å². The monoisotopic (exact) mass is 379 g/mol. The third kappa shape index (κ3) is 2.89. The first kappa shape index (κ1) is 14.7. The Bertz CT molecular complexity index is 747. The molecule has 0 fully saturated rings. The van der Waals surface area contributed by atoms with Crippen LogP contribution in [0, 0.1) is 0 Å². The molecule has 0 bridgehead atoms. The molecule has 3 nitrogen and oxygen atoms in total. The zero-order valence-electron chi connectivity index (χ0n) is 9.40. The van der Waals surface area contributed by atoms with Crippen molar-refractivity contribution in [3.63, 3.8) is 0 Å². The lowest BCUT2D eigenvalue weighted by Crippen LogP contribution is -2.04. The smallest absolute Gasteiger partial charge is 0.208 e. The molecule has 0 atom stereocenters. The van der Waals surface area contributed by atoms with Gasteiger partial charge < -0.3 is 5.73 Å². The molecule has 0 aliphatic rings. The van der Waals surface area contributed by atoms with Crippen molar-refractivity contribution in [3.05, 3.63) is 50.9 Å². The highest BCUT2D eigenvalue weighted by Crippen LogP contribution is 2.32. The maximum absolute atomic E-state index is 12.5. The van der Waals surface area contributed by atoms with E-state index in [4.69, 9.17) is 28.9 Å². The average Bonchev–Trinajstić information content (AvgIpc) is 2.35. The first-order chi connectivity index (χ1) is 8.82. The van der Waals surface area contributed by atoms with Crippen molar-refractivity contribution in [1.82, 2.24) is 0 Å².